The van der Waals surface area contributed by atoms with E-state index in [2.05, 4.69) is 5.32 Å². The van der Waals surface area contributed by atoms with Crippen LogP contribution in [-0.2, 0) is 4.74 Å². The number of hydrogen-bond acceptors (Lipinski definition) is 5. The molecule has 0 radical (unpaired) electrons. The standard InChI is InChI=1S/C14H22N2O3/c1-14(2,3)16-8-12(17)9-19-13(18)10-4-6-11(15)7-5-10/h4-7,12,16-17H,8-9,15H2,1-3H3/t12-/m0/s1. The molecule has 4 N–H and O–H groups in total. The SMILES string of the molecule is CC(C)(C)NC[C@H](O)COC(=O)c1ccc(N)cc1. The van der Waals surface area contributed by atoms with E-state index in [9.17, 15) is 9.90 Å². The van der Waals surface area contributed by atoms with Crippen LogP contribution in [-0.4, -0.2) is 35.9 Å². The average molecular weight is 266 g/mol. The molecule has 5 nitrogen and oxygen atoms in total. The Morgan fingerprint density at radius 2 is 1.95 bits per heavy atom. The van der Waals surface area contributed by atoms with Crippen molar-refractivity contribution >= 4 is 11.7 Å². The van der Waals surface area contributed by atoms with E-state index in [0.29, 0.717) is 17.8 Å². The first kappa shape index (κ1) is 15.5. The topological polar surface area (TPSA) is 84.6 Å². The second kappa shape index (κ2) is 6.54. The monoisotopic (exact) mass is 266 g/mol. The van der Waals surface area contributed by atoms with Crippen molar-refractivity contribution in [1.82, 2.24) is 5.32 Å². The van der Waals surface area contributed by atoms with Crippen molar-refractivity contribution < 1.29 is 14.6 Å². The van der Waals surface area contributed by atoms with Gasteiger partial charge < -0.3 is 20.9 Å². The Kier molecular flexibility index (Phi) is 5.32. The maximum atomic E-state index is 11.7. The van der Waals surface area contributed by atoms with Crippen molar-refractivity contribution in [2.45, 2.75) is 32.4 Å². The molecular weight excluding hydrogens is 244 g/mol. The number of benzene rings is 1. The van der Waals surface area contributed by atoms with E-state index in [1.54, 1.807) is 24.3 Å². The van der Waals surface area contributed by atoms with Gasteiger partial charge in [0.15, 0.2) is 0 Å². The van der Waals surface area contributed by atoms with Crippen LogP contribution in [0.25, 0.3) is 0 Å². The van der Waals surface area contributed by atoms with Crippen LogP contribution in [0.3, 0.4) is 0 Å². The predicted molar refractivity (Wildman–Crippen MR) is 74.9 cm³/mol. The number of β-amino-alcohol motifs (C(OH)–C–C–N with tert-alkyl or cyclic N) is 1. The Hall–Kier alpha value is -1.59. The van der Waals surface area contributed by atoms with Gasteiger partial charge >= 0.3 is 5.97 Å². The lowest BCUT2D eigenvalue weighted by Gasteiger charge is -2.22. The summed E-state index contributed by atoms with van der Waals surface area (Å²) in [4.78, 5) is 11.7. The fourth-order valence-electron chi connectivity index (χ4n) is 1.36. The third-order valence-electron chi connectivity index (χ3n) is 2.42. The molecule has 0 amide bonds. The molecule has 0 heterocycles. The summed E-state index contributed by atoms with van der Waals surface area (Å²) in [5.74, 6) is -0.463. The molecule has 0 saturated heterocycles. The third-order valence-corrected chi connectivity index (χ3v) is 2.42. The van der Waals surface area contributed by atoms with Crippen LogP contribution < -0.4 is 11.1 Å². The molecule has 1 aromatic rings. The molecule has 0 aromatic heterocycles. The van der Waals surface area contributed by atoms with Crippen molar-refractivity contribution in [2.75, 3.05) is 18.9 Å². The van der Waals surface area contributed by atoms with Crippen LogP contribution in [0, 0.1) is 0 Å². The van der Waals surface area contributed by atoms with Gasteiger partial charge in [0, 0.05) is 17.8 Å². The zero-order valence-electron chi connectivity index (χ0n) is 11.6. The molecule has 0 spiro atoms. The lowest BCUT2D eigenvalue weighted by molar-refractivity contribution is 0.0247. The number of nitrogens with one attached hydrogen (secondary N) is 1. The van der Waals surface area contributed by atoms with Crippen molar-refractivity contribution in [1.29, 1.82) is 0 Å². The molecule has 0 aliphatic rings. The van der Waals surface area contributed by atoms with Gasteiger partial charge in [0.05, 0.1) is 5.56 Å². The highest BCUT2D eigenvalue weighted by atomic mass is 16.5. The molecule has 1 aromatic carbocycles. The number of esters is 1. The van der Waals surface area contributed by atoms with Gasteiger partial charge in [-0.25, -0.2) is 4.79 Å². The highest BCUT2D eigenvalue weighted by Crippen LogP contribution is 2.07. The third kappa shape index (κ3) is 6.22. The summed E-state index contributed by atoms with van der Waals surface area (Å²) >= 11 is 0. The number of anilines is 1. The van der Waals surface area contributed by atoms with Crippen LogP contribution in [0.2, 0.25) is 0 Å². The second-order valence-electron chi connectivity index (χ2n) is 5.51. The lowest BCUT2D eigenvalue weighted by atomic mass is 10.1. The number of carbonyl (C=O) groups is 1. The normalized spacial score (nSPS) is 13.1. The van der Waals surface area contributed by atoms with Gasteiger partial charge in [0.1, 0.15) is 12.7 Å². The molecule has 0 unspecified atom stereocenters. The number of rotatable bonds is 5. The number of ether oxygens (including phenoxy) is 1. The molecule has 5 heteroatoms. The molecule has 19 heavy (non-hydrogen) atoms. The molecule has 0 aliphatic heterocycles. The number of hydrogen-bond donors (Lipinski definition) is 3. The van der Waals surface area contributed by atoms with E-state index in [4.69, 9.17) is 10.5 Å². The Morgan fingerprint density at radius 1 is 1.37 bits per heavy atom. The minimum Gasteiger partial charge on any atom is -0.459 e. The summed E-state index contributed by atoms with van der Waals surface area (Å²) in [6.45, 7) is 6.34. The highest BCUT2D eigenvalue weighted by Gasteiger charge is 2.14. The van der Waals surface area contributed by atoms with Crippen molar-refractivity contribution in [3.63, 3.8) is 0 Å². The van der Waals surface area contributed by atoms with Crippen molar-refractivity contribution in [3.05, 3.63) is 29.8 Å². The first-order chi connectivity index (χ1) is 8.78. The van der Waals surface area contributed by atoms with E-state index < -0.39 is 12.1 Å². The van der Waals surface area contributed by atoms with Gasteiger partial charge in [-0.1, -0.05) is 0 Å². The van der Waals surface area contributed by atoms with Crippen LogP contribution in [0.4, 0.5) is 5.69 Å². The Balaban J connectivity index is 2.36. The molecular formula is C14H22N2O3. The zero-order valence-corrected chi connectivity index (χ0v) is 11.6. The van der Waals surface area contributed by atoms with E-state index in [0.717, 1.165) is 0 Å². The smallest absolute Gasteiger partial charge is 0.338 e. The minimum absolute atomic E-state index is 0.0354. The summed E-state index contributed by atoms with van der Waals surface area (Å²) in [6, 6.07) is 6.46. The zero-order chi connectivity index (χ0) is 14.5. The first-order valence-electron chi connectivity index (χ1n) is 6.24. The van der Waals surface area contributed by atoms with Gasteiger partial charge in [-0.05, 0) is 45.0 Å². The molecule has 1 atom stereocenters. The Bertz CT molecular complexity index is 410. The highest BCUT2D eigenvalue weighted by molar-refractivity contribution is 5.89. The molecule has 0 bridgehead atoms. The summed E-state index contributed by atoms with van der Waals surface area (Å²) < 4.78 is 5.03. The number of aliphatic hydroxyl groups excluding tert-OH is 1. The first-order valence-corrected chi connectivity index (χ1v) is 6.24. The maximum Gasteiger partial charge on any atom is 0.338 e. The van der Waals surface area contributed by atoms with E-state index >= 15 is 0 Å². The predicted octanol–water partition coefficient (Wildman–Crippen LogP) is 1.17. The summed E-state index contributed by atoms with van der Waals surface area (Å²) in [5, 5.41) is 12.8. The van der Waals surface area contributed by atoms with Crippen molar-refractivity contribution in [3.8, 4) is 0 Å². The average Bonchev–Trinajstić information content (AvgIpc) is 2.33. The van der Waals surface area contributed by atoms with Crippen LogP contribution >= 0.6 is 0 Å². The van der Waals surface area contributed by atoms with Crippen LogP contribution in [0.15, 0.2) is 24.3 Å². The van der Waals surface area contributed by atoms with Crippen molar-refractivity contribution in [2.24, 2.45) is 0 Å². The Labute approximate surface area is 113 Å². The fourth-order valence-corrected chi connectivity index (χ4v) is 1.36. The van der Waals surface area contributed by atoms with E-state index in [1.807, 2.05) is 20.8 Å². The molecule has 0 saturated carbocycles. The van der Waals surface area contributed by atoms with Gasteiger partial charge in [0.2, 0.25) is 0 Å². The van der Waals surface area contributed by atoms with E-state index in [1.165, 1.54) is 0 Å². The van der Waals surface area contributed by atoms with Gasteiger partial charge in [-0.15, -0.1) is 0 Å². The number of aliphatic hydroxyl groups is 1. The summed E-state index contributed by atoms with van der Waals surface area (Å²) in [6.07, 6.45) is -0.725. The minimum atomic E-state index is -0.725. The fraction of sp³-hybridized carbons (Fsp3) is 0.500. The number of carbonyl (C=O) groups excluding carboxylic acids is 1. The summed E-state index contributed by atoms with van der Waals surface area (Å²) in [7, 11) is 0. The molecule has 0 fully saturated rings. The lowest BCUT2D eigenvalue weighted by Crippen LogP contribution is -2.42. The van der Waals surface area contributed by atoms with Gasteiger partial charge in [0.25, 0.3) is 0 Å². The maximum absolute atomic E-state index is 11.7. The molecule has 1 rings (SSSR count). The van der Waals surface area contributed by atoms with Crippen LogP contribution in [0.1, 0.15) is 31.1 Å². The number of nitrogen functional groups attached to an aromatic ring is 1. The van der Waals surface area contributed by atoms with E-state index in [-0.39, 0.29) is 12.1 Å². The second-order valence-corrected chi connectivity index (χ2v) is 5.51. The van der Waals surface area contributed by atoms with Gasteiger partial charge in [-0.3, -0.25) is 0 Å². The molecule has 106 valence electrons. The largest absolute Gasteiger partial charge is 0.459 e. The quantitative estimate of drug-likeness (QED) is 0.550. The number of nitrogens with two attached hydrogens (primary N) is 1. The Morgan fingerprint density at radius 3 is 2.47 bits per heavy atom. The summed E-state index contributed by atoms with van der Waals surface area (Å²) in [5.41, 5.74) is 6.46. The molecule has 0 aliphatic carbocycles. The van der Waals surface area contributed by atoms with Crippen LogP contribution in [0.5, 0.6) is 0 Å². The van der Waals surface area contributed by atoms with Gasteiger partial charge in [-0.2, -0.15) is 0 Å².